The second-order valence-corrected chi connectivity index (χ2v) is 7.86. The SMILES string of the molecule is CCCCCCCCCCCOC(=O)C1CCCCC1C(=O)OCCOCC. The molecular formula is C23H42O5. The molecule has 0 amide bonds. The molecule has 1 aliphatic rings. The van der Waals surface area contributed by atoms with Gasteiger partial charge >= 0.3 is 11.9 Å². The lowest BCUT2D eigenvalue weighted by Crippen LogP contribution is -2.35. The van der Waals surface area contributed by atoms with Crippen LogP contribution in [0, 0.1) is 11.8 Å². The second kappa shape index (κ2) is 16.8. The van der Waals surface area contributed by atoms with Crippen molar-refractivity contribution in [3.63, 3.8) is 0 Å². The zero-order valence-corrected chi connectivity index (χ0v) is 18.2. The van der Waals surface area contributed by atoms with Crippen LogP contribution in [-0.2, 0) is 23.8 Å². The van der Waals surface area contributed by atoms with E-state index in [1.54, 1.807) is 0 Å². The molecule has 0 aliphatic heterocycles. The van der Waals surface area contributed by atoms with E-state index in [4.69, 9.17) is 14.2 Å². The number of carbonyl (C=O) groups is 2. The highest BCUT2D eigenvalue weighted by molar-refractivity contribution is 5.82. The van der Waals surface area contributed by atoms with Crippen molar-refractivity contribution < 1.29 is 23.8 Å². The van der Waals surface area contributed by atoms with Gasteiger partial charge in [0.25, 0.3) is 0 Å². The molecule has 0 spiro atoms. The number of hydrogen-bond donors (Lipinski definition) is 0. The predicted octanol–water partition coefficient (Wildman–Crippen LogP) is 5.45. The Labute approximate surface area is 171 Å². The third-order valence-corrected chi connectivity index (χ3v) is 5.54. The topological polar surface area (TPSA) is 61.8 Å². The molecule has 5 nitrogen and oxygen atoms in total. The Morgan fingerprint density at radius 1 is 0.679 bits per heavy atom. The van der Waals surface area contributed by atoms with Gasteiger partial charge in [0.05, 0.1) is 25.0 Å². The summed E-state index contributed by atoms with van der Waals surface area (Å²) in [4.78, 5) is 24.8. The van der Waals surface area contributed by atoms with Crippen LogP contribution in [0.1, 0.15) is 97.3 Å². The van der Waals surface area contributed by atoms with E-state index in [2.05, 4.69) is 6.92 Å². The summed E-state index contributed by atoms with van der Waals surface area (Å²) in [6, 6.07) is 0. The van der Waals surface area contributed by atoms with Gasteiger partial charge < -0.3 is 14.2 Å². The summed E-state index contributed by atoms with van der Waals surface area (Å²) >= 11 is 0. The summed E-state index contributed by atoms with van der Waals surface area (Å²) < 4.78 is 16.0. The Hall–Kier alpha value is -1.10. The maximum Gasteiger partial charge on any atom is 0.309 e. The average molecular weight is 399 g/mol. The molecule has 0 N–H and O–H groups in total. The molecule has 5 heteroatoms. The monoisotopic (exact) mass is 398 g/mol. The molecule has 1 fully saturated rings. The van der Waals surface area contributed by atoms with Gasteiger partial charge in [-0.15, -0.1) is 0 Å². The van der Waals surface area contributed by atoms with Crippen molar-refractivity contribution in [2.75, 3.05) is 26.4 Å². The molecule has 0 aromatic rings. The van der Waals surface area contributed by atoms with Crippen LogP contribution in [0.5, 0.6) is 0 Å². The zero-order chi connectivity index (χ0) is 20.5. The molecule has 0 saturated heterocycles. The molecule has 1 aliphatic carbocycles. The zero-order valence-electron chi connectivity index (χ0n) is 18.2. The van der Waals surface area contributed by atoms with E-state index in [0.29, 0.717) is 26.2 Å². The molecule has 164 valence electrons. The minimum Gasteiger partial charge on any atom is -0.465 e. The fourth-order valence-electron chi connectivity index (χ4n) is 3.84. The van der Waals surface area contributed by atoms with Crippen LogP contribution in [-0.4, -0.2) is 38.4 Å². The average Bonchev–Trinajstić information content (AvgIpc) is 2.72. The first-order valence-corrected chi connectivity index (χ1v) is 11.6. The maximum absolute atomic E-state index is 12.5. The summed E-state index contributed by atoms with van der Waals surface area (Å²) in [5, 5.41) is 0. The van der Waals surface area contributed by atoms with Crippen LogP contribution in [0.25, 0.3) is 0 Å². The molecule has 0 aromatic carbocycles. The lowest BCUT2D eigenvalue weighted by molar-refractivity contribution is -0.163. The predicted molar refractivity (Wildman–Crippen MR) is 111 cm³/mol. The number of esters is 2. The molecule has 0 radical (unpaired) electrons. The van der Waals surface area contributed by atoms with E-state index in [0.717, 1.165) is 32.1 Å². The van der Waals surface area contributed by atoms with E-state index in [9.17, 15) is 9.59 Å². The van der Waals surface area contributed by atoms with E-state index < -0.39 is 0 Å². The van der Waals surface area contributed by atoms with Crippen molar-refractivity contribution in [3.8, 4) is 0 Å². The van der Waals surface area contributed by atoms with Crippen molar-refractivity contribution >= 4 is 11.9 Å². The Morgan fingerprint density at radius 3 is 1.71 bits per heavy atom. The highest BCUT2D eigenvalue weighted by Crippen LogP contribution is 2.32. The lowest BCUT2D eigenvalue weighted by atomic mass is 9.79. The van der Waals surface area contributed by atoms with E-state index in [1.807, 2.05) is 6.92 Å². The summed E-state index contributed by atoms with van der Waals surface area (Å²) in [5.74, 6) is -1.19. The van der Waals surface area contributed by atoms with Crippen molar-refractivity contribution in [1.29, 1.82) is 0 Å². The molecule has 2 unspecified atom stereocenters. The van der Waals surface area contributed by atoms with Gasteiger partial charge in [-0.05, 0) is 26.2 Å². The van der Waals surface area contributed by atoms with Crippen molar-refractivity contribution in [2.45, 2.75) is 97.3 Å². The first kappa shape index (κ1) is 24.9. The van der Waals surface area contributed by atoms with Gasteiger partial charge in [0.2, 0.25) is 0 Å². The number of ether oxygens (including phenoxy) is 3. The quantitative estimate of drug-likeness (QED) is 0.256. The summed E-state index contributed by atoms with van der Waals surface area (Å²) in [7, 11) is 0. The van der Waals surface area contributed by atoms with Gasteiger partial charge in [0.15, 0.2) is 0 Å². The standard InChI is InChI=1S/C23H42O5/c1-3-5-6-7-8-9-10-11-14-17-27-22(24)20-15-12-13-16-21(20)23(25)28-19-18-26-4-2/h20-21H,3-19H2,1-2H3. The smallest absolute Gasteiger partial charge is 0.309 e. The number of unbranched alkanes of at least 4 members (excludes halogenated alkanes) is 8. The molecule has 0 heterocycles. The molecule has 2 atom stereocenters. The first-order valence-electron chi connectivity index (χ1n) is 11.6. The van der Waals surface area contributed by atoms with Gasteiger partial charge in [0, 0.05) is 6.61 Å². The second-order valence-electron chi connectivity index (χ2n) is 7.86. The molecule has 28 heavy (non-hydrogen) atoms. The number of rotatable bonds is 16. The van der Waals surface area contributed by atoms with Gasteiger partial charge in [-0.1, -0.05) is 71.1 Å². The van der Waals surface area contributed by atoms with Crippen molar-refractivity contribution in [2.24, 2.45) is 11.8 Å². The van der Waals surface area contributed by atoms with Gasteiger partial charge in [0.1, 0.15) is 6.61 Å². The van der Waals surface area contributed by atoms with Crippen LogP contribution in [0.4, 0.5) is 0 Å². The Bertz CT molecular complexity index is 410. The van der Waals surface area contributed by atoms with Gasteiger partial charge in [-0.3, -0.25) is 9.59 Å². The third-order valence-electron chi connectivity index (χ3n) is 5.54. The molecule has 0 bridgehead atoms. The molecule has 0 aromatic heterocycles. The van der Waals surface area contributed by atoms with Crippen LogP contribution in [0.2, 0.25) is 0 Å². The highest BCUT2D eigenvalue weighted by atomic mass is 16.6. The van der Waals surface area contributed by atoms with Crippen molar-refractivity contribution in [3.05, 3.63) is 0 Å². The minimum atomic E-state index is -0.356. The van der Waals surface area contributed by atoms with Crippen LogP contribution < -0.4 is 0 Å². The summed E-state index contributed by atoms with van der Waals surface area (Å²) in [6.45, 7) is 5.88. The normalized spacial score (nSPS) is 19.4. The number of hydrogen-bond acceptors (Lipinski definition) is 5. The molecule has 1 rings (SSSR count). The Balaban J connectivity index is 2.17. The molecular weight excluding hydrogens is 356 g/mol. The van der Waals surface area contributed by atoms with E-state index >= 15 is 0 Å². The van der Waals surface area contributed by atoms with Gasteiger partial charge in [-0.25, -0.2) is 0 Å². The Kier molecular flexibility index (Phi) is 15.0. The van der Waals surface area contributed by atoms with Crippen LogP contribution in [0.15, 0.2) is 0 Å². The fourth-order valence-corrected chi connectivity index (χ4v) is 3.84. The number of carbonyl (C=O) groups excluding carboxylic acids is 2. The van der Waals surface area contributed by atoms with E-state index in [1.165, 1.54) is 44.9 Å². The summed E-state index contributed by atoms with van der Waals surface area (Å²) in [6.07, 6.45) is 14.5. The van der Waals surface area contributed by atoms with E-state index in [-0.39, 0.29) is 30.4 Å². The molecule has 1 saturated carbocycles. The largest absolute Gasteiger partial charge is 0.465 e. The maximum atomic E-state index is 12.5. The summed E-state index contributed by atoms with van der Waals surface area (Å²) in [5.41, 5.74) is 0. The van der Waals surface area contributed by atoms with Crippen LogP contribution in [0.3, 0.4) is 0 Å². The first-order chi connectivity index (χ1) is 13.7. The highest BCUT2D eigenvalue weighted by Gasteiger charge is 2.37. The van der Waals surface area contributed by atoms with Gasteiger partial charge in [-0.2, -0.15) is 0 Å². The third kappa shape index (κ3) is 11.0. The Morgan fingerprint density at radius 2 is 1.18 bits per heavy atom. The van der Waals surface area contributed by atoms with Crippen molar-refractivity contribution in [1.82, 2.24) is 0 Å². The fraction of sp³-hybridized carbons (Fsp3) is 0.913. The minimum absolute atomic E-state index is 0.217. The lowest BCUT2D eigenvalue weighted by Gasteiger charge is -2.28. The van der Waals surface area contributed by atoms with Crippen LogP contribution >= 0.6 is 0 Å².